The van der Waals surface area contributed by atoms with E-state index in [1.165, 1.54) is 21.6 Å². The zero-order chi connectivity index (χ0) is 17.9. The van der Waals surface area contributed by atoms with E-state index in [0.717, 1.165) is 30.3 Å². The van der Waals surface area contributed by atoms with Crippen molar-refractivity contribution in [3.05, 3.63) is 59.2 Å². The highest BCUT2D eigenvalue weighted by molar-refractivity contribution is 7.98. The molecule has 1 aliphatic heterocycles. The fourth-order valence-electron chi connectivity index (χ4n) is 2.94. The van der Waals surface area contributed by atoms with Gasteiger partial charge in [0.05, 0.1) is 19.2 Å². The van der Waals surface area contributed by atoms with E-state index < -0.39 is 0 Å². The van der Waals surface area contributed by atoms with Crippen LogP contribution in [0.4, 0.5) is 0 Å². The van der Waals surface area contributed by atoms with E-state index in [9.17, 15) is 0 Å². The van der Waals surface area contributed by atoms with Crippen molar-refractivity contribution in [3.63, 3.8) is 0 Å². The van der Waals surface area contributed by atoms with Crippen LogP contribution in [0.25, 0.3) is 0 Å². The Kier molecular flexibility index (Phi) is 5.38. The van der Waals surface area contributed by atoms with E-state index >= 15 is 0 Å². The Bertz CT molecular complexity index is 783. The molecule has 0 radical (unpaired) electrons. The Balaban J connectivity index is 1.81. The fourth-order valence-corrected chi connectivity index (χ4v) is 3.97. The minimum absolute atomic E-state index is 0.0335. The lowest BCUT2D eigenvalue weighted by atomic mass is 10.1. The summed E-state index contributed by atoms with van der Waals surface area (Å²) in [5, 5.41) is 3.54. The van der Waals surface area contributed by atoms with Gasteiger partial charge in [0.15, 0.2) is 0 Å². The summed E-state index contributed by atoms with van der Waals surface area (Å²) in [6, 6.07) is 15.0. The van der Waals surface area contributed by atoms with E-state index in [4.69, 9.17) is 9.73 Å². The number of nitrogens with one attached hydrogen (secondary N) is 1. The summed E-state index contributed by atoms with van der Waals surface area (Å²) >= 11 is 1.84. The highest BCUT2D eigenvalue weighted by Gasteiger charge is 2.26. The van der Waals surface area contributed by atoms with Crippen LogP contribution in [0.3, 0.4) is 0 Å². The Morgan fingerprint density at radius 3 is 2.68 bits per heavy atom. The third-order valence-corrected chi connectivity index (χ3v) is 5.49. The van der Waals surface area contributed by atoms with Gasteiger partial charge in [-0.2, -0.15) is 0 Å². The van der Waals surface area contributed by atoms with Crippen molar-refractivity contribution in [1.82, 2.24) is 5.32 Å². The van der Waals surface area contributed by atoms with Gasteiger partial charge in [-0.25, -0.2) is 0 Å². The first kappa shape index (κ1) is 17.9. The van der Waals surface area contributed by atoms with Crippen molar-refractivity contribution in [2.45, 2.75) is 43.4 Å². The number of aliphatic imine (C=N–C) groups is 1. The molecule has 0 spiro atoms. The molecule has 3 nitrogen and oxygen atoms in total. The van der Waals surface area contributed by atoms with Gasteiger partial charge in [0.25, 0.3) is 0 Å². The largest absolute Gasteiger partial charge is 0.496 e. The Labute approximate surface area is 154 Å². The van der Waals surface area contributed by atoms with Gasteiger partial charge in [-0.1, -0.05) is 37.3 Å². The summed E-state index contributed by atoms with van der Waals surface area (Å²) < 4.78 is 5.54. The molecule has 2 aromatic carbocycles. The third kappa shape index (κ3) is 4.18. The lowest BCUT2D eigenvalue weighted by molar-refractivity contribution is 0.411. The van der Waals surface area contributed by atoms with Gasteiger partial charge < -0.3 is 10.1 Å². The molecule has 2 aromatic rings. The van der Waals surface area contributed by atoms with Crippen molar-refractivity contribution in [3.8, 4) is 5.75 Å². The molecule has 0 saturated heterocycles. The number of nitrogens with zero attached hydrogens (tertiary/aromatic N) is 1. The highest BCUT2D eigenvalue weighted by Crippen LogP contribution is 2.31. The maximum absolute atomic E-state index is 5.54. The van der Waals surface area contributed by atoms with Gasteiger partial charge in [0.2, 0.25) is 0 Å². The zero-order valence-electron chi connectivity index (χ0n) is 15.4. The first-order chi connectivity index (χ1) is 12.0. The second kappa shape index (κ2) is 7.52. The number of aryl methyl sites for hydroxylation is 1. The highest BCUT2D eigenvalue weighted by atomic mass is 32.2. The number of rotatable bonds is 6. The molecule has 4 heteroatoms. The molecule has 0 atom stereocenters. The second-order valence-electron chi connectivity index (χ2n) is 6.96. The Morgan fingerprint density at radius 1 is 1.20 bits per heavy atom. The molecule has 0 unspecified atom stereocenters. The van der Waals surface area contributed by atoms with Crippen LogP contribution < -0.4 is 10.1 Å². The molecule has 0 fully saturated rings. The fraction of sp³-hybridized carbons (Fsp3) is 0.381. The van der Waals surface area contributed by atoms with Crippen LogP contribution in [-0.4, -0.2) is 25.0 Å². The molecule has 0 bridgehead atoms. The normalized spacial score (nSPS) is 15.6. The lowest BCUT2D eigenvalue weighted by Crippen LogP contribution is -2.40. The average molecular weight is 355 g/mol. The first-order valence-corrected chi connectivity index (χ1v) is 9.71. The van der Waals surface area contributed by atoms with Gasteiger partial charge in [-0.05, 0) is 38.0 Å². The molecule has 0 saturated carbocycles. The van der Waals surface area contributed by atoms with Crippen LogP contribution in [-0.2, 0) is 12.2 Å². The van der Waals surface area contributed by atoms with Crippen LogP contribution in [0, 0.1) is 0 Å². The predicted octanol–water partition coefficient (Wildman–Crippen LogP) is 4.68. The minimum atomic E-state index is 0.0335. The quantitative estimate of drug-likeness (QED) is 0.765. The Morgan fingerprint density at radius 2 is 2.00 bits per heavy atom. The summed E-state index contributed by atoms with van der Waals surface area (Å²) in [7, 11) is 1.74. The van der Waals surface area contributed by atoms with Crippen LogP contribution in [0.2, 0.25) is 0 Å². The van der Waals surface area contributed by atoms with Crippen molar-refractivity contribution >= 4 is 17.6 Å². The molecule has 0 aromatic heterocycles. The smallest absolute Gasteiger partial charge is 0.129 e. The minimum Gasteiger partial charge on any atom is -0.496 e. The number of methoxy groups -OCH3 is 1. The van der Waals surface area contributed by atoms with Crippen LogP contribution in [0.15, 0.2) is 52.4 Å². The van der Waals surface area contributed by atoms with Gasteiger partial charge in [-0.15, -0.1) is 11.8 Å². The molecule has 3 rings (SSSR count). The lowest BCUT2D eigenvalue weighted by Gasteiger charge is -2.19. The number of benzene rings is 2. The van der Waals surface area contributed by atoms with Crippen molar-refractivity contribution in [2.24, 2.45) is 4.99 Å². The number of hydrogen-bond acceptors (Lipinski definition) is 4. The molecular formula is C21H26N2OS. The molecule has 0 aliphatic carbocycles. The molecule has 132 valence electrons. The third-order valence-electron chi connectivity index (χ3n) is 4.37. The molecule has 1 heterocycles. The van der Waals surface area contributed by atoms with E-state index in [1.807, 2.05) is 11.8 Å². The number of amidine groups is 1. The molecule has 25 heavy (non-hydrogen) atoms. The maximum Gasteiger partial charge on any atom is 0.129 e. The molecule has 1 aliphatic rings. The van der Waals surface area contributed by atoms with Crippen LogP contribution >= 0.6 is 11.8 Å². The summed E-state index contributed by atoms with van der Waals surface area (Å²) in [6.45, 7) is 7.36. The monoisotopic (exact) mass is 354 g/mol. The second-order valence-corrected chi connectivity index (χ2v) is 7.98. The van der Waals surface area contributed by atoms with Crippen molar-refractivity contribution < 1.29 is 4.74 Å². The summed E-state index contributed by atoms with van der Waals surface area (Å²) in [6.07, 6.45) is 1.04. The zero-order valence-corrected chi connectivity index (χ0v) is 16.2. The van der Waals surface area contributed by atoms with Crippen LogP contribution in [0.1, 0.15) is 37.5 Å². The van der Waals surface area contributed by atoms with E-state index in [-0.39, 0.29) is 5.54 Å². The maximum atomic E-state index is 5.54. The van der Waals surface area contributed by atoms with E-state index in [2.05, 4.69) is 68.6 Å². The summed E-state index contributed by atoms with van der Waals surface area (Å²) in [5.74, 6) is 2.84. The molecular weight excluding hydrogens is 328 g/mol. The molecule has 0 amide bonds. The van der Waals surface area contributed by atoms with E-state index in [1.54, 1.807) is 7.11 Å². The number of hydrogen-bond donors (Lipinski definition) is 1. The first-order valence-electron chi connectivity index (χ1n) is 8.73. The van der Waals surface area contributed by atoms with Crippen LogP contribution in [0.5, 0.6) is 5.75 Å². The summed E-state index contributed by atoms with van der Waals surface area (Å²) in [4.78, 5) is 5.95. The van der Waals surface area contributed by atoms with Gasteiger partial charge >= 0.3 is 0 Å². The van der Waals surface area contributed by atoms with Gasteiger partial charge in [-0.3, -0.25) is 4.99 Å². The standard InChI is InChI=1S/C21H26N2OS/c1-5-15-10-11-18(24-4)16(12-15)13-25-19-9-7-6-8-17(19)20-22-14-21(2,3)23-20/h6-12H,5,13-14H2,1-4H3,(H,22,23). The summed E-state index contributed by atoms with van der Waals surface area (Å²) in [5.41, 5.74) is 3.80. The molecule has 1 N–H and O–H groups in total. The van der Waals surface area contributed by atoms with Crippen molar-refractivity contribution in [1.29, 1.82) is 0 Å². The van der Waals surface area contributed by atoms with E-state index in [0.29, 0.717) is 0 Å². The van der Waals surface area contributed by atoms with Gasteiger partial charge in [0, 0.05) is 21.8 Å². The Hall–Kier alpha value is -1.94. The van der Waals surface area contributed by atoms with Crippen molar-refractivity contribution in [2.75, 3.05) is 13.7 Å². The topological polar surface area (TPSA) is 33.6 Å². The van der Waals surface area contributed by atoms with Gasteiger partial charge in [0.1, 0.15) is 11.6 Å². The predicted molar refractivity (Wildman–Crippen MR) is 107 cm³/mol. The number of thioether (sulfide) groups is 1. The SMILES string of the molecule is CCc1ccc(OC)c(CSc2ccccc2C2=NCC(C)(C)N2)c1. The average Bonchev–Trinajstić information content (AvgIpc) is 2.99. The number of ether oxygens (including phenoxy) is 1.